The molecule has 0 bridgehead atoms. The molecule has 2 aliphatic rings. The van der Waals surface area contributed by atoms with Crippen molar-refractivity contribution in [1.82, 2.24) is 10.2 Å². The van der Waals surface area contributed by atoms with Gasteiger partial charge in [0.25, 0.3) is 5.91 Å². The van der Waals surface area contributed by atoms with Crippen molar-refractivity contribution in [3.05, 3.63) is 87.8 Å². The van der Waals surface area contributed by atoms with Crippen molar-refractivity contribution in [2.24, 2.45) is 4.99 Å². The molecule has 2 aliphatic heterocycles. The molecule has 1 fully saturated rings. The van der Waals surface area contributed by atoms with Crippen LogP contribution in [0.5, 0.6) is 5.75 Å². The topological polar surface area (TPSA) is 110 Å². The van der Waals surface area contributed by atoms with Crippen LogP contribution in [0, 0.1) is 11.3 Å². The highest BCUT2D eigenvalue weighted by Crippen LogP contribution is 2.51. The molecule has 2 amide bonds. The quantitative estimate of drug-likeness (QED) is 0.149. The van der Waals surface area contributed by atoms with Crippen LogP contribution in [-0.4, -0.2) is 48.1 Å². The highest BCUT2D eigenvalue weighted by Gasteiger charge is 2.39. The first-order valence-electron chi connectivity index (χ1n) is 13.6. The van der Waals surface area contributed by atoms with Gasteiger partial charge < -0.3 is 20.3 Å². The predicted octanol–water partition coefficient (Wildman–Crippen LogP) is 6.88. The molecule has 0 radical (unpaired) electrons. The molecule has 1 saturated heterocycles. The van der Waals surface area contributed by atoms with E-state index in [1.807, 2.05) is 61.3 Å². The van der Waals surface area contributed by atoms with E-state index in [4.69, 9.17) is 21.3 Å². The second-order valence-electron chi connectivity index (χ2n) is 9.53. The Labute approximate surface area is 263 Å². The van der Waals surface area contributed by atoms with Gasteiger partial charge in [-0.25, -0.2) is 9.79 Å². The smallest absolute Gasteiger partial charge is 0.410 e. The number of nitrogens with zero attached hydrogens (tertiary/aromatic N) is 4. The number of carbonyl (C=O) groups is 2. The van der Waals surface area contributed by atoms with E-state index in [2.05, 4.69) is 16.7 Å². The number of thioether (sulfide) groups is 2. The molecule has 220 valence electrons. The van der Waals surface area contributed by atoms with E-state index in [0.29, 0.717) is 59.0 Å². The summed E-state index contributed by atoms with van der Waals surface area (Å²) in [6.07, 6.45) is 0.101. The van der Waals surface area contributed by atoms with E-state index < -0.39 is 6.09 Å². The molecule has 0 saturated carbocycles. The molecule has 12 heteroatoms. The van der Waals surface area contributed by atoms with Gasteiger partial charge in [-0.15, -0.1) is 11.6 Å². The summed E-state index contributed by atoms with van der Waals surface area (Å²) in [5.74, 6) is 0.687. The number of nitrogens with one attached hydrogen (secondary N) is 2. The van der Waals surface area contributed by atoms with Gasteiger partial charge in [-0.1, -0.05) is 42.1 Å². The number of amidine groups is 1. The summed E-state index contributed by atoms with van der Waals surface area (Å²) in [6, 6.07) is 22.6. The Bertz CT molecular complexity index is 1640. The maximum atomic E-state index is 14.0. The van der Waals surface area contributed by atoms with Crippen molar-refractivity contribution in [2.45, 2.75) is 24.8 Å². The lowest BCUT2D eigenvalue weighted by atomic mass is 10.2. The SMILES string of the molecule is CCNc1ccc(C#N)cc1/N=C1/S/C(=C2\Sc3ccc(OC(=O)NCCCCl)cc3N2C)C(=O)N1Cc1ccccc1. The zero-order chi connectivity index (χ0) is 30.3. The molecular formula is C31H29ClN6O3S2. The standard InChI is InChI=1S/C31H29ClN6O3S2/c1-3-34-23-12-10-21(18-33)16-24(23)36-30-38(19-20-8-5-4-6-9-20)28(39)27(43-30)29-37(2)25-17-22(11-13-26(25)42-29)41-31(40)35-15-7-14-32/h4-6,8-13,16-17,34H,3,7,14-15,19H2,1-2H3,(H,35,40)/b29-27-,36-30+. The van der Waals surface area contributed by atoms with Crippen molar-refractivity contribution in [2.75, 3.05) is 36.2 Å². The van der Waals surface area contributed by atoms with Crippen LogP contribution in [-0.2, 0) is 11.3 Å². The molecule has 43 heavy (non-hydrogen) atoms. The van der Waals surface area contributed by atoms with Gasteiger partial charge in [-0.2, -0.15) is 5.26 Å². The third-order valence-corrected chi connectivity index (χ3v) is 9.24. The summed E-state index contributed by atoms with van der Waals surface area (Å²) in [5, 5.41) is 16.8. The molecule has 0 aliphatic carbocycles. The zero-order valence-electron chi connectivity index (χ0n) is 23.6. The fourth-order valence-corrected chi connectivity index (χ4v) is 6.90. The Balaban J connectivity index is 1.48. The number of rotatable bonds is 9. The van der Waals surface area contributed by atoms with E-state index in [1.165, 1.54) is 23.5 Å². The largest absolute Gasteiger partial charge is 0.412 e. The monoisotopic (exact) mass is 632 g/mol. The number of halogens is 1. The fourth-order valence-electron chi connectivity index (χ4n) is 4.45. The van der Waals surface area contributed by atoms with Crippen LogP contribution >= 0.6 is 35.1 Å². The number of aliphatic imine (C=N–C) groups is 1. The molecule has 0 aromatic heterocycles. The summed E-state index contributed by atoms with van der Waals surface area (Å²) < 4.78 is 5.46. The maximum Gasteiger partial charge on any atom is 0.412 e. The number of alkyl halides is 1. The highest BCUT2D eigenvalue weighted by atomic mass is 35.5. The van der Waals surface area contributed by atoms with Crippen LogP contribution in [0.25, 0.3) is 0 Å². The second-order valence-corrected chi connectivity index (χ2v) is 11.9. The van der Waals surface area contributed by atoms with Crippen LogP contribution in [0.3, 0.4) is 0 Å². The Morgan fingerprint density at radius 2 is 1.93 bits per heavy atom. The lowest BCUT2D eigenvalue weighted by Crippen LogP contribution is -2.29. The molecule has 0 unspecified atom stereocenters. The molecular weight excluding hydrogens is 604 g/mol. The zero-order valence-corrected chi connectivity index (χ0v) is 26.0. The summed E-state index contributed by atoms with van der Waals surface area (Å²) in [7, 11) is 1.88. The summed E-state index contributed by atoms with van der Waals surface area (Å²) in [5.41, 5.74) is 3.64. The van der Waals surface area contributed by atoms with Gasteiger partial charge in [0.1, 0.15) is 10.7 Å². The molecule has 5 rings (SSSR count). The minimum absolute atomic E-state index is 0.161. The van der Waals surface area contributed by atoms with E-state index >= 15 is 0 Å². The maximum absolute atomic E-state index is 14.0. The molecule has 3 aromatic rings. The molecule has 0 atom stereocenters. The number of nitriles is 1. The number of fused-ring (bicyclic) bond motifs is 1. The first-order valence-corrected chi connectivity index (χ1v) is 15.8. The molecule has 3 aromatic carbocycles. The normalized spacial score (nSPS) is 16.8. The van der Waals surface area contributed by atoms with Gasteiger partial charge in [-0.05, 0) is 61.0 Å². The molecule has 9 nitrogen and oxygen atoms in total. The van der Waals surface area contributed by atoms with Gasteiger partial charge in [0.05, 0.1) is 40.3 Å². The average molecular weight is 633 g/mol. The average Bonchev–Trinajstić information content (AvgIpc) is 3.49. The van der Waals surface area contributed by atoms with Gasteiger partial charge in [0, 0.05) is 37.0 Å². The minimum atomic E-state index is -0.548. The number of carbonyl (C=O) groups excluding carboxylic acids is 2. The van der Waals surface area contributed by atoms with Crippen LogP contribution < -0.4 is 20.3 Å². The lowest BCUT2D eigenvalue weighted by Gasteiger charge is -2.17. The number of amides is 2. The third kappa shape index (κ3) is 6.94. The van der Waals surface area contributed by atoms with Gasteiger partial charge in [-0.3, -0.25) is 9.69 Å². The highest BCUT2D eigenvalue weighted by molar-refractivity contribution is 8.19. The Hall–Kier alpha value is -4.11. The van der Waals surface area contributed by atoms with Crippen LogP contribution in [0.2, 0.25) is 0 Å². The fraction of sp³-hybridized carbons (Fsp3) is 0.226. The van der Waals surface area contributed by atoms with Gasteiger partial charge in [0.15, 0.2) is 5.17 Å². The number of benzene rings is 3. The first-order chi connectivity index (χ1) is 20.9. The summed E-state index contributed by atoms with van der Waals surface area (Å²) >= 11 is 8.46. The van der Waals surface area contributed by atoms with Crippen molar-refractivity contribution in [1.29, 1.82) is 5.26 Å². The van der Waals surface area contributed by atoms with Crippen molar-refractivity contribution in [3.63, 3.8) is 0 Å². The van der Waals surface area contributed by atoms with Crippen molar-refractivity contribution >= 4 is 69.4 Å². The summed E-state index contributed by atoms with van der Waals surface area (Å²) in [6.45, 7) is 3.44. The first kappa shape index (κ1) is 30.4. The van der Waals surface area contributed by atoms with Crippen LogP contribution in [0.4, 0.5) is 21.9 Å². The minimum Gasteiger partial charge on any atom is -0.410 e. The Morgan fingerprint density at radius 1 is 1.12 bits per heavy atom. The molecule has 0 spiro atoms. The Kier molecular flexibility index (Phi) is 9.82. The second kappa shape index (κ2) is 13.9. The predicted molar refractivity (Wildman–Crippen MR) is 174 cm³/mol. The number of hydrogen-bond donors (Lipinski definition) is 2. The van der Waals surface area contributed by atoms with E-state index in [1.54, 1.807) is 29.2 Å². The van der Waals surface area contributed by atoms with E-state index in [9.17, 15) is 14.9 Å². The third-order valence-electron chi connectivity index (χ3n) is 6.54. The Morgan fingerprint density at radius 3 is 2.67 bits per heavy atom. The van der Waals surface area contributed by atoms with Gasteiger partial charge >= 0.3 is 6.09 Å². The van der Waals surface area contributed by atoms with Gasteiger partial charge in [0.2, 0.25) is 0 Å². The van der Waals surface area contributed by atoms with Crippen molar-refractivity contribution in [3.8, 4) is 11.8 Å². The van der Waals surface area contributed by atoms with Crippen LogP contribution in [0.1, 0.15) is 24.5 Å². The summed E-state index contributed by atoms with van der Waals surface area (Å²) in [4.78, 5) is 36.2. The van der Waals surface area contributed by atoms with E-state index in [0.717, 1.165) is 26.9 Å². The number of ether oxygens (including phenoxy) is 1. The van der Waals surface area contributed by atoms with Crippen LogP contribution in [0.15, 0.2) is 86.6 Å². The number of hydrogen-bond acceptors (Lipinski definition) is 9. The lowest BCUT2D eigenvalue weighted by molar-refractivity contribution is -0.122. The molecule has 2 heterocycles. The number of anilines is 2. The molecule has 2 N–H and O–H groups in total. The van der Waals surface area contributed by atoms with E-state index in [-0.39, 0.29) is 5.91 Å². The van der Waals surface area contributed by atoms with Crippen molar-refractivity contribution < 1.29 is 14.3 Å².